The minimum absolute atomic E-state index is 0.798. The van der Waals surface area contributed by atoms with Crippen molar-refractivity contribution >= 4 is 0 Å². The van der Waals surface area contributed by atoms with E-state index in [1.54, 1.807) is 0 Å². The van der Waals surface area contributed by atoms with Crippen molar-refractivity contribution in [2.45, 2.75) is 24.4 Å². The summed E-state index contributed by atoms with van der Waals surface area (Å²) >= 11 is 0. The summed E-state index contributed by atoms with van der Waals surface area (Å²) in [6.45, 7) is 0. The van der Waals surface area contributed by atoms with Crippen LogP contribution in [0.1, 0.15) is 0 Å². The van der Waals surface area contributed by atoms with E-state index < -0.39 is 24.4 Å². The molecule has 4 atom stereocenters. The molecule has 0 amide bonds. The number of aliphatic hydroxyl groups excluding tert-OH is 3. The summed E-state index contributed by atoms with van der Waals surface area (Å²) in [4.78, 5) is 2.49. The third kappa shape index (κ3) is 1.57. The molecule has 0 aliphatic heterocycles. The van der Waals surface area contributed by atoms with Crippen LogP contribution in [0.4, 0.5) is 0 Å². The van der Waals surface area contributed by atoms with Crippen molar-refractivity contribution < 1.29 is 15.3 Å². The predicted octanol–water partition coefficient (Wildman–Crippen LogP) is -0.682. The van der Waals surface area contributed by atoms with Crippen LogP contribution >= 0.6 is 0 Å². The lowest BCUT2D eigenvalue weighted by Gasteiger charge is -2.27. The highest BCUT2D eigenvalue weighted by Gasteiger charge is 2.31. The van der Waals surface area contributed by atoms with Gasteiger partial charge in [0.1, 0.15) is 12.2 Å². The Balaban J connectivity index is 2.80. The first-order valence-corrected chi connectivity index (χ1v) is 3.43. The van der Waals surface area contributed by atoms with E-state index >= 15 is 0 Å². The van der Waals surface area contributed by atoms with Crippen LogP contribution in [0.15, 0.2) is 17.3 Å². The van der Waals surface area contributed by atoms with Crippen LogP contribution in [0.5, 0.6) is 0 Å². The Labute approximate surface area is 68.4 Å². The highest BCUT2D eigenvalue weighted by molar-refractivity contribution is 5.10. The second-order valence-electron chi connectivity index (χ2n) is 2.55. The third-order valence-corrected chi connectivity index (χ3v) is 1.74. The van der Waals surface area contributed by atoms with Crippen LogP contribution < -0.4 is 0 Å². The van der Waals surface area contributed by atoms with Crippen molar-refractivity contribution in [3.8, 4) is 0 Å². The van der Waals surface area contributed by atoms with Gasteiger partial charge in [-0.2, -0.15) is 0 Å². The second kappa shape index (κ2) is 3.55. The number of aliphatic hydroxyl groups is 3. The molecule has 0 fully saturated rings. The molecule has 6 heteroatoms. The molecule has 3 N–H and O–H groups in total. The van der Waals surface area contributed by atoms with Gasteiger partial charge in [-0.3, -0.25) is 0 Å². The summed E-state index contributed by atoms with van der Waals surface area (Å²) in [5.74, 6) is 0. The summed E-state index contributed by atoms with van der Waals surface area (Å²) in [7, 11) is 0. The fourth-order valence-corrected chi connectivity index (χ4v) is 1.03. The van der Waals surface area contributed by atoms with Gasteiger partial charge in [-0.1, -0.05) is 17.3 Å². The summed E-state index contributed by atoms with van der Waals surface area (Å²) < 4.78 is 0. The molecule has 1 aliphatic rings. The van der Waals surface area contributed by atoms with Crippen LogP contribution in [0.25, 0.3) is 10.4 Å². The maximum absolute atomic E-state index is 9.21. The van der Waals surface area contributed by atoms with E-state index in [0.717, 1.165) is 0 Å². The van der Waals surface area contributed by atoms with Crippen molar-refractivity contribution in [2.75, 3.05) is 0 Å². The van der Waals surface area contributed by atoms with Crippen LogP contribution in [0, 0.1) is 0 Å². The van der Waals surface area contributed by atoms with Gasteiger partial charge in [0.25, 0.3) is 0 Å². The minimum atomic E-state index is -1.29. The number of nitrogens with zero attached hydrogens (tertiary/aromatic N) is 3. The van der Waals surface area contributed by atoms with Crippen LogP contribution in [-0.2, 0) is 0 Å². The van der Waals surface area contributed by atoms with Gasteiger partial charge in [0, 0.05) is 4.91 Å². The van der Waals surface area contributed by atoms with Gasteiger partial charge in [0.2, 0.25) is 0 Å². The van der Waals surface area contributed by atoms with E-state index in [-0.39, 0.29) is 0 Å². The normalized spacial score (nSPS) is 40.6. The maximum Gasteiger partial charge on any atom is 0.110 e. The quantitative estimate of drug-likeness (QED) is 0.210. The van der Waals surface area contributed by atoms with Crippen LogP contribution in [-0.4, -0.2) is 39.7 Å². The molecule has 0 aromatic heterocycles. The van der Waals surface area contributed by atoms with Gasteiger partial charge in [-0.25, -0.2) is 0 Å². The van der Waals surface area contributed by atoms with Gasteiger partial charge in [0.05, 0.1) is 12.1 Å². The van der Waals surface area contributed by atoms with E-state index in [0.29, 0.717) is 0 Å². The Morgan fingerprint density at radius 2 is 1.83 bits per heavy atom. The van der Waals surface area contributed by atoms with E-state index in [1.165, 1.54) is 12.2 Å². The number of azide groups is 1. The Bertz CT molecular complexity index is 236. The van der Waals surface area contributed by atoms with Crippen LogP contribution in [0.2, 0.25) is 0 Å². The zero-order chi connectivity index (χ0) is 9.14. The lowest BCUT2D eigenvalue weighted by atomic mass is 9.95. The summed E-state index contributed by atoms with van der Waals surface area (Å²) in [5.41, 5.74) is 8.06. The van der Waals surface area contributed by atoms with Gasteiger partial charge in [-0.05, 0) is 5.53 Å². The molecule has 12 heavy (non-hydrogen) atoms. The minimum Gasteiger partial charge on any atom is -0.390 e. The van der Waals surface area contributed by atoms with Crippen molar-refractivity contribution in [2.24, 2.45) is 5.11 Å². The summed E-state index contributed by atoms with van der Waals surface area (Å²) in [6, 6.07) is -0.798. The van der Waals surface area contributed by atoms with E-state index in [2.05, 4.69) is 10.0 Å². The molecule has 0 aromatic rings. The molecular formula is C6H9N3O3. The van der Waals surface area contributed by atoms with Gasteiger partial charge < -0.3 is 15.3 Å². The van der Waals surface area contributed by atoms with E-state index in [1.807, 2.05) is 0 Å². The van der Waals surface area contributed by atoms with Crippen LogP contribution in [0.3, 0.4) is 0 Å². The van der Waals surface area contributed by atoms with Crippen molar-refractivity contribution in [1.29, 1.82) is 0 Å². The molecule has 0 bridgehead atoms. The van der Waals surface area contributed by atoms with Gasteiger partial charge in [0.15, 0.2) is 0 Å². The predicted molar refractivity (Wildman–Crippen MR) is 40.1 cm³/mol. The SMILES string of the molecule is [N-]=[N+]=N[C@H]1C=C[C@H](O)[C@H](O)[C@H]1O. The van der Waals surface area contributed by atoms with E-state index in [4.69, 9.17) is 15.7 Å². The molecule has 0 radical (unpaired) electrons. The topological polar surface area (TPSA) is 109 Å². The smallest absolute Gasteiger partial charge is 0.110 e. The number of hydrogen-bond donors (Lipinski definition) is 3. The van der Waals surface area contributed by atoms with Gasteiger partial charge >= 0.3 is 0 Å². The Morgan fingerprint density at radius 1 is 1.17 bits per heavy atom. The molecular weight excluding hydrogens is 162 g/mol. The van der Waals surface area contributed by atoms with E-state index in [9.17, 15) is 5.11 Å². The monoisotopic (exact) mass is 171 g/mol. The highest BCUT2D eigenvalue weighted by Crippen LogP contribution is 2.16. The summed E-state index contributed by atoms with van der Waals surface area (Å²) in [6.07, 6.45) is -0.963. The Morgan fingerprint density at radius 3 is 2.42 bits per heavy atom. The zero-order valence-corrected chi connectivity index (χ0v) is 6.15. The van der Waals surface area contributed by atoms with Crippen molar-refractivity contribution in [1.82, 2.24) is 0 Å². The second-order valence-corrected chi connectivity index (χ2v) is 2.55. The maximum atomic E-state index is 9.21. The molecule has 1 aliphatic carbocycles. The fourth-order valence-electron chi connectivity index (χ4n) is 1.03. The molecule has 0 spiro atoms. The Kier molecular flexibility index (Phi) is 2.67. The highest BCUT2D eigenvalue weighted by atomic mass is 16.4. The zero-order valence-electron chi connectivity index (χ0n) is 6.15. The molecule has 0 heterocycles. The number of hydrogen-bond acceptors (Lipinski definition) is 4. The largest absolute Gasteiger partial charge is 0.390 e. The lowest BCUT2D eigenvalue weighted by molar-refractivity contribution is -0.0517. The first-order valence-electron chi connectivity index (χ1n) is 3.43. The summed E-state index contributed by atoms with van der Waals surface area (Å²) in [5, 5.41) is 30.5. The molecule has 66 valence electrons. The first kappa shape index (κ1) is 9.02. The van der Waals surface area contributed by atoms with Crippen molar-refractivity contribution in [3.63, 3.8) is 0 Å². The third-order valence-electron chi connectivity index (χ3n) is 1.74. The van der Waals surface area contributed by atoms with Crippen molar-refractivity contribution in [3.05, 3.63) is 22.6 Å². The average molecular weight is 171 g/mol. The molecule has 0 unspecified atom stereocenters. The lowest BCUT2D eigenvalue weighted by Crippen LogP contribution is -2.45. The first-order chi connectivity index (χ1) is 5.66. The molecule has 1 rings (SSSR count). The fraction of sp³-hybridized carbons (Fsp3) is 0.667. The molecule has 6 nitrogen and oxygen atoms in total. The standard InChI is InChI=1S/C6H9N3O3/c7-9-8-3-1-2-4(10)6(12)5(3)11/h1-6,10-12H/t3-,4-,5-,6-/m0/s1. The average Bonchev–Trinajstić information content (AvgIpc) is 2.07. The molecule has 0 aromatic carbocycles. The Hall–Kier alpha value is -1.07. The molecule has 0 saturated carbocycles. The number of rotatable bonds is 1. The molecule has 0 saturated heterocycles. The van der Waals surface area contributed by atoms with Gasteiger partial charge in [-0.15, -0.1) is 0 Å².